The van der Waals surface area contributed by atoms with Gasteiger partial charge in [0.25, 0.3) is 11.8 Å². The molecule has 0 fully saturated rings. The standard InChI is InChI=1S/C25H25N3O3S/c1-3-22(25(31)28-21-13-5-4-12-20(21)23(26)29)32-19-11-7-10-18(15-19)27-24(30)17-9-6-8-16(2)14-17/h4-15,22H,3H2,1-2H3,(H2,26,29)(H,27,30)(H,28,31). The second-order valence-corrected chi connectivity index (χ2v) is 8.54. The van der Waals surface area contributed by atoms with Crippen LogP contribution in [0.3, 0.4) is 0 Å². The van der Waals surface area contributed by atoms with E-state index in [-0.39, 0.29) is 17.4 Å². The molecule has 1 unspecified atom stereocenters. The minimum absolute atomic E-state index is 0.191. The number of nitrogens with one attached hydrogen (secondary N) is 2. The van der Waals surface area contributed by atoms with Crippen LogP contribution in [0.2, 0.25) is 0 Å². The molecule has 0 heterocycles. The highest BCUT2D eigenvalue weighted by Gasteiger charge is 2.20. The SMILES string of the molecule is CCC(Sc1cccc(NC(=O)c2cccc(C)c2)c1)C(=O)Nc1ccccc1C(N)=O. The molecule has 0 saturated carbocycles. The number of thioether (sulfide) groups is 1. The summed E-state index contributed by atoms with van der Waals surface area (Å²) in [5.74, 6) is -1.01. The van der Waals surface area contributed by atoms with Crippen LogP contribution in [0.15, 0.2) is 77.7 Å². The number of primary amides is 1. The first-order valence-electron chi connectivity index (χ1n) is 10.2. The molecule has 3 aromatic rings. The van der Waals surface area contributed by atoms with Crippen LogP contribution in [0.4, 0.5) is 11.4 Å². The highest BCUT2D eigenvalue weighted by atomic mass is 32.2. The maximum absolute atomic E-state index is 12.8. The molecule has 1 atom stereocenters. The van der Waals surface area contributed by atoms with Crippen LogP contribution in [0, 0.1) is 6.92 Å². The van der Waals surface area contributed by atoms with Crippen LogP contribution < -0.4 is 16.4 Å². The minimum Gasteiger partial charge on any atom is -0.366 e. The molecule has 3 rings (SSSR count). The van der Waals surface area contributed by atoms with Crippen molar-refractivity contribution in [2.75, 3.05) is 10.6 Å². The molecule has 0 spiro atoms. The van der Waals surface area contributed by atoms with Gasteiger partial charge in [0, 0.05) is 16.1 Å². The number of benzene rings is 3. The monoisotopic (exact) mass is 447 g/mol. The predicted octanol–water partition coefficient (Wildman–Crippen LogP) is 4.86. The lowest BCUT2D eigenvalue weighted by Crippen LogP contribution is -2.26. The number of carbonyl (C=O) groups is 3. The smallest absolute Gasteiger partial charge is 0.255 e. The van der Waals surface area contributed by atoms with E-state index in [0.717, 1.165) is 10.5 Å². The molecule has 0 aliphatic carbocycles. The Morgan fingerprint density at radius 1 is 0.938 bits per heavy atom. The van der Waals surface area contributed by atoms with E-state index in [2.05, 4.69) is 10.6 Å². The molecule has 0 aliphatic heterocycles. The van der Waals surface area contributed by atoms with E-state index in [1.165, 1.54) is 11.8 Å². The molecule has 6 nitrogen and oxygen atoms in total. The first-order chi connectivity index (χ1) is 15.4. The van der Waals surface area contributed by atoms with Gasteiger partial charge in [-0.3, -0.25) is 14.4 Å². The number of para-hydroxylation sites is 1. The van der Waals surface area contributed by atoms with Crippen LogP contribution in [0.1, 0.15) is 39.6 Å². The molecule has 32 heavy (non-hydrogen) atoms. The van der Waals surface area contributed by atoms with Gasteiger partial charge in [-0.15, -0.1) is 11.8 Å². The normalized spacial score (nSPS) is 11.4. The van der Waals surface area contributed by atoms with E-state index in [4.69, 9.17) is 5.73 Å². The first-order valence-corrected chi connectivity index (χ1v) is 11.1. The predicted molar refractivity (Wildman–Crippen MR) is 129 cm³/mol. The third-order valence-electron chi connectivity index (χ3n) is 4.76. The molecule has 164 valence electrons. The van der Waals surface area contributed by atoms with Crippen molar-refractivity contribution in [3.05, 3.63) is 89.5 Å². The maximum Gasteiger partial charge on any atom is 0.255 e. The third-order valence-corrected chi connectivity index (χ3v) is 6.12. The second kappa shape index (κ2) is 10.6. The number of nitrogens with two attached hydrogens (primary N) is 1. The number of amides is 3. The lowest BCUT2D eigenvalue weighted by atomic mass is 10.1. The third kappa shape index (κ3) is 5.98. The van der Waals surface area contributed by atoms with Crippen LogP contribution in [0.5, 0.6) is 0 Å². The fraction of sp³-hybridized carbons (Fsp3) is 0.160. The number of anilines is 2. The van der Waals surface area contributed by atoms with Crippen molar-refractivity contribution in [3.8, 4) is 0 Å². The van der Waals surface area contributed by atoms with Gasteiger partial charge in [0.2, 0.25) is 5.91 Å². The molecular formula is C25H25N3O3S. The first kappa shape index (κ1) is 23.1. The van der Waals surface area contributed by atoms with Gasteiger partial charge in [-0.25, -0.2) is 0 Å². The molecular weight excluding hydrogens is 422 g/mol. The second-order valence-electron chi connectivity index (χ2n) is 7.27. The van der Waals surface area contributed by atoms with Crippen molar-refractivity contribution in [1.82, 2.24) is 0 Å². The summed E-state index contributed by atoms with van der Waals surface area (Å²) in [5, 5.41) is 5.32. The summed E-state index contributed by atoms with van der Waals surface area (Å²) >= 11 is 1.39. The van der Waals surface area contributed by atoms with E-state index < -0.39 is 11.2 Å². The van der Waals surface area contributed by atoms with Crippen LogP contribution in [0.25, 0.3) is 0 Å². The largest absolute Gasteiger partial charge is 0.366 e. The maximum atomic E-state index is 12.8. The number of aryl methyl sites for hydroxylation is 1. The van der Waals surface area contributed by atoms with Gasteiger partial charge in [0.1, 0.15) is 0 Å². The van der Waals surface area contributed by atoms with Gasteiger partial charge in [0.05, 0.1) is 16.5 Å². The van der Waals surface area contributed by atoms with Gasteiger partial charge in [-0.2, -0.15) is 0 Å². The average molecular weight is 448 g/mol. The lowest BCUT2D eigenvalue weighted by Gasteiger charge is -2.16. The Balaban J connectivity index is 1.70. The van der Waals surface area contributed by atoms with Crippen molar-refractivity contribution >= 4 is 40.9 Å². The summed E-state index contributed by atoms with van der Waals surface area (Å²) in [6.45, 7) is 3.85. The Hall–Kier alpha value is -3.58. The van der Waals surface area contributed by atoms with Gasteiger partial charge >= 0.3 is 0 Å². The number of hydrogen-bond acceptors (Lipinski definition) is 4. The zero-order chi connectivity index (χ0) is 23.1. The molecule has 0 bridgehead atoms. The van der Waals surface area contributed by atoms with Crippen molar-refractivity contribution in [2.45, 2.75) is 30.4 Å². The zero-order valence-electron chi connectivity index (χ0n) is 17.9. The Bertz CT molecular complexity index is 1150. The number of carbonyl (C=O) groups excluding carboxylic acids is 3. The van der Waals surface area contributed by atoms with Gasteiger partial charge in [-0.1, -0.05) is 42.8 Å². The van der Waals surface area contributed by atoms with E-state index in [9.17, 15) is 14.4 Å². The summed E-state index contributed by atoms with van der Waals surface area (Å²) in [6.07, 6.45) is 0.578. The van der Waals surface area contributed by atoms with Gasteiger partial charge in [-0.05, 0) is 55.8 Å². The van der Waals surface area contributed by atoms with Crippen LogP contribution in [-0.4, -0.2) is 23.0 Å². The highest BCUT2D eigenvalue weighted by molar-refractivity contribution is 8.00. The molecule has 0 aromatic heterocycles. The molecule has 3 aromatic carbocycles. The number of hydrogen-bond donors (Lipinski definition) is 3. The summed E-state index contributed by atoms with van der Waals surface area (Å²) in [5.41, 5.74) is 8.30. The summed E-state index contributed by atoms with van der Waals surface area (Å²) in [4.78, 5) is 37.8. The van der Waals surface area contributed by atoms with Crippen molar-refractivity contribution in [3.63, 3.8) is 0 Å². The highest BCUT2D eigenvalue weighted by Crippen LogP contribution is 2.29. The Kier molecular flexibility index (Phi) is 7.68. The van der Waals surface area contributed by atoms with Gasteiger partial charge < -0.3 is 16.4 Å². The molecule has 0 aliphatic rings. The molecule has 7 heteroatoms. The van der Waals surface area contributed by atoms with Crippen molar-refractivity contribution in [2.24, 2.45) is 5.73 Å². The van der Waals surface area contributed by atoms with E-state index >= 15 is 0 Å². The summed E-state index contributed by atoms with van der Waals surface area (Å²) in [6, 6.07) is 21.4. The molecule has 0 saturated heterocycles. The lowest BCUT2D eigenvalue weighted by molar-refractivity contribution is -0.115. The quantitative estimate of drug-likeness (QED) is 0.429. The summed E-state index contributed by atoms with van der Waals surface area (Å²) in [7, 11) is 0. The molecule has 4 N–H and O–H groups in total. The fourth-order valence-corrected chi connectivity index (χ4v) is 4.16. The van der Waals surface area contributed by atoms with Crippen molar-refractivity contribution < 1.29 is 14.4 Å². The van der Waals surface area contributed by atoms with E-state index in [1.807, 2.05) is 56.3 Å². The summed E-state index contributed by atoms with van der Waals surface area (Å²) < 4.78 is 0. The topological polar surface area (TPSA) is 101 Å². The van der Waals surface area contributed by atoms with Gasteiger partial charge in [0.15, 0.2) is 0 Å². The van der Waals surface area contributed by atoms with E-state index in [0.29, 0.717) is 23.4 Å². The Labute approximate surface area is 191 Å². The zero-order valence-corrected chi connectivity index (χ0v) is 18.7. The Morgan fingerprint density at radius 2 is 1.69 bits per heavy atom. The number of rotatable bonds is 8. The fourth-order valence-electron chi connectivity index (χ4n) is 3.14. The van der Waals surface area contributed by atoms with E-state index in [1.54, 1.807) is 30.3 Å². The molecule has 0 radical (unpaired) electrons. The molecule has 3 amide bonds. The Morgan fingerprint density at radius 3 is 2.41 bits per heavy atom. The minimum atomic E-state index is -0.598. The average Bonchev–Trinajstić information content (AvgIpc) is 2.78. The van der Waals surface area contributed by atoms with Crippen molar-refractivity contribution in [1.29, 1.82) is 0 Å². The van der Waals surface area contributed by atoms with Crippen LogP contribution in [-0.2, 0) is 4.79 Å². The van der Waals surface area contributed by atoms with Crippen LogP contribution >= 0.6 is 11.8 Å².